The average molecular weight is 390 g/mol. The maximum atomic E-state index is 13.3. The number of rotatable bonds is 4. The Morgan fingerprint density at radius 3 is 2.66 bits per heavy atom. The molecule has 2 N–H and O–H groups in total. The molecular formula is C23H23FN4O. The number of aromatic amines is 1. The maximum Gasteiger partial charge on any atom is 0.233 e. The van der Waals surface area contributed by atoms with Crippen molar-refractivity contribution >= 4 is 17.8 Å². The first-order chi connectivity index (χ1) is 14.0. The largest absolute Gasteiger partial charge is 0.325 e. The van der Waals surface area contributed by atoms with Crippen LogP contribution in [-0.2, 0) is 4.79 Å². The van der Waals surface area contributed by atoms with Crippen molar-refractivity contribution in [2.45, 2.75) is 26.2 Å². The number of aliphatic imine (C=N–C) groups is 1. The van der Waals surface area contributed by atoms with Crippen LogP contribution in [0.1, 0.15) is 29.2 Å². The molecule has 1 aromatic heterocycles. The minimum atomic E-state index is -0.398. The molecule has 1 amide bonds. The highest BCUT2D eigenvalue weighted by atomic mass is 19.1. The van der Waals surface area contributed by atoms with Gasteiger partial charge in [-0.1, -0.05) is 24.3 Å². The lowest BCUT2D eigenvalue weighted by atomic mass is 9.82. The molecule has 2 heterocycles. The van der Waals surface area contributed by atoms with Crippen molar-refractivity contribution in [3.05, 3.63) is 71.2 Å². The first-order valence-electron chi connectivity index (χ1n) is 9.70. The zero-order valence-electron chi connectivity index (χ0n) is 16.4. The number of aryl methyl sites for hydroxylation is 2. The molecule has 0 spiro atoms. The third kappa shape index (κ3) is 4.11. The molecule has 6 heteroatoms. The molecule has 3 aromatic rings. The normalized spacial score (nSPS) is 18.6. The summed E-state index contributed by atoms with van der Waals surface area (Å²) in [4.78, 5) is 17.5. The van der Waals surface area contributed by atoms with Gasteiger partial charge in [-0.05, 0) is 55.7 Å². The van der Waals surface area contributed by atoms with E-state index in [1.165, 1.54) is 12.1 Å². The first-order valence-corrected chi connectivity index (χ1v) is 9.70. The topological polar surface area (TPSA) is 70.1 Å². The number of anilines is 1. The third-order valence-electron chi connectivity index (χ3n) is 5.37. The zero-order chi connectivity index (χ0) is 20.4. The Hall–Kier alpha value is -3.28. The summed E-state index contributed by atoms with van der Waals surface area (Å²) >= 11 is 0. The van der Waals surface area contributed by atoms with Gasteiger partial charge in [0.2, 0.25) is 5.91 Å². The van der Waals surface area contributed by atoms with E-state index in [4.69, 9.17) is 0 Å². The van der Waals surface area contributed by atoms with Crippen molar-refractivity contribution in [1.82, 2.24) is 10.2 Å². The molecule has 5 nitrogen and oxygen atoms in total. The van der Waals surface area contributed by atoms with Crippen molar-refractivity contribution in [3.8, 4) is 11.3 Å². The number of H-pyrrole nitrogens is 1. The van der Waals surface area contributed by atoms with Crippen LogP contribution in [0.4, 0.5) is 10.1 Å². The first kappa shape index (κ1) is 19.1. The maximum absolute atomic E-state index is 13.3. The van der Waals surface area contributed by atoms with E-state index in [-0.39, 0.29) is 17.6 Å². The van der Waals surface area contributed by atoms with Crippen molar-refractivity contribution in [1.29, 1.82) is 0 Å². The highest BCUT2D eigenvalue weighted by Gasteiger charge is 2.30. The van der Waals surface area contributed by atoms with Crippen LogP contribution in [0.3, 0.4) is 0 Å². The molecule has 1 aliphatic heterocycles. The number of halogens is 1. The van der Waals surface area contributed by atoms with Crippen molar-refractivity contribution in [3.63, 3.8) is 0 Å². The summed E-state index contributed by atoms with van der Waals surface area (Å²) in [5.41, 5.74) is 5.43. The molecule has 2 atom stereocenters. The van der Waals surface area contributed by atoms with Crippen molar-refractivity contribution in [2.24, 2.45) is 10.9 Å². The lowest BCUT2D eigenvalue weighted by Crippen LogP contribution is -2.32. The Labute approximate surface area is 169 Å². The van der Waals surface area contributed by atoms with Gasteiger partial charge in [0.25, 0.3) is 0 Å². The second kappa shape index (κ2) is 7.99. The van der Waals surface area contributed by atoms with E-state index in [0.29, 0.717) is 6.54 Å². The number of hydrogen-bond donors (Lipinski definition) is 2. The van der Waals surface area contributed by atoms with Gasteiger partial charge >= 0.3 is 0 Å². The second-order valence-electron chi connectivity index (χ2n) is 7.48. The minimum absolute atomic E-state index is 0.0226. The highest BCUT2D eigenvalue weighted by Crippen LogP contribution is 2.32. The summed E-state index contributed by atoms with van der Waals surface area (Å²) in [6, 6.07) is 14.3. The SMILES string of the molecule is Cc1cc(-c2ccc(C)c(NC(=O)C3C=NCCC3c3ccc(F)cc3)c2)n[nH]1. The summed E-state index contributed by atoms with van der Waals surface area (Å²) in [5, 5.41) is 10.3. The number of amides is 1. The molecule has 0 fully saturated rings. The van der Waals surface area contributed by atoms with E-state index < -0.39 is 5.92 Å². The Morgan fingerprint density at radius 2 is 1.93 bits per heavy atom. The number of hydrogen-bond acceptors (Lipinski definition) is 3. The smallest absolute Gasteiger partial charge is 0.233 e. The van der Waals surface area contributed by atoms with Gasteiger partial charge < -0.3 is 5.32 Å². The molecule has 4 rings (SSSR count). The molecule has 2 unspecified atom stereocenters. The predicted molar refractivity (Wildman–Crippen MR) is 113 cm³/mol. The van der Waals surface area contributed by atoms with E-state index in [0.717, 1.165) is 40.2 Å². The predicted octanol–water partition coefficient (Wildman–Crippen LogP) is 4.65. The van der Waals surface area contributed by atoms with E-state index in [1.807, 2.05) is 38.1 Å². The summed E-state index contributed by atoms with van der Waals surface area (Å²) < 4.78 is 13.3. The lowest BCUT2D eigenvalue weighted by molar-refractivity contribution is -0.118. The summed E-state index contributed by atoms with van der Waals surface area (Å²) in [5.74, 6) is -0.808. The van der Waals surface area contributed by atoms with E-state index >= 15 is 0 Å². The Kier molecular flexibility index (Phi) is 5.25. The van der Waals surface area contributed by atoms with Gasteiger partial charge in [-0.3, -0.25) is 14.9 Å². The molecule has 2 aromatic carbocycles. The lowest BCUT2D eigenvalue weighted by Gasteiger charge is -2.27. The van der Waals surface area contributed by atoms with Crippen LogP contribution in [0.5, 0.6) is 0 Å². The molecule has 0 saturated carbocycles. The van der Waals surface area contributed by atoms with Gasteiger partial charge in [-0.2, -0.15) is 5.10 Å². The Bertz CT molecular complexity index is 1050. The standard InChI is InChI=1S/C23H23FN4O/c1-14-3-4-17(22-11-15(2)27-28-22)12-21(14)26-23(29)20-13-25-10-9-19(20)16-5-7-18(24)8-6-16/h3-8,11-13,19-20H,9-10H2,1-2H3,(H,26,29)(H,27,28). The second-order valence-corrected chi connectivity index (χ2v) is 7.48. The van der Waals surface area contributed by atoms with Gasteiger partial charge in [-0.15, -0.1) is 0 Å². The quantitative estimate of drug-likeness (QED) is 0.681. The molecule has 148 valence electrons. The van der Waals surface area contributed by atoms with Crippen molar-refractivity contribution in [2.75, 3.05) is 11.9 Å². The van der Waals surface area contributed by atoms with Gasteiger partial charge in [0.15, 0.2) is 0 Å². The van der Waals surface area contributed by atoms with Crippen molar-refractivity contribution < 1.29 is 9.18 Å². The Balaban J connectivity index is 1.58. The van der Waals surface area contributed by atoms with E-state index in [1.54, 1.807) is 18.3 Å². The third-order valence-corrected chi connectivity index (χ3v) is 5.37. The molecule has 1 aliphatic rings. The van der Waals surface area contributed by atoms with Crippen LogP contribution >= 0.6 is 0 Å². The zero-order valence-corrected chi connectivity index (χ0v) is 16.4. The number of benzene rings is 2. The molecule has 0 aliphatic carbocycles. The van der Waals surface area contributed by atoms with E-state index in [9.17, 15) is 9.18 Å². The molecule has 0 saturated heterocycles. The molecule has 0 radical (unpaired) electrons. The minimum Gasteiger partial charge on any atom is -0.325 e. The fourth-order valence-corrected chi connectivity index (χ4v) is 3.72. The van der Waals surface area contributed by atoms with Crippen LogP contribution < -0.4 is 5.32 Å². The highest BCUT2D eigenvalue weighted by molar-refractivity contribution is 6.03. The van der Waals surface area contributed by atoms with E-state index in [2.05, 4.69) is 20.5 Å². The van der Waals surface area contributed by atoms with Crippen LogP contribution in [0.15, 0.2) is 53.5 Å². The van der Waals surface area contributed by atoms with Crippen LogP contribution in [0, 0.1) is 25.6 Å². The van der Waals surface area contributed by atoms with Gasteiger partial charge in [0.1, 0.15) is 5.82 Å². The summed E-state index contributed by atoms with van der Waals surface area (Å²) in [6.45, 7) is 4.58. The number of nitrogens with zero attached hydrogens (tertiary/aromatic N) is 2. The summed E-state index contributed by atoms with van der Waals surface area (Å²) in [6.07, 6.45) is 2.48. The number of nitrogens with one attached hydrogen (secondary N) is 2. The van der Waals surface area contributed by atoms with Gasteiger partial charge in [-0.25, -0.2) is 4.39 Å². The number of aromatic nitrogens is 2. The van der Waals surface area contributed by atoms with Crippen LogP contribution in [0.25, 0.3) is 11.3 Å². The fraction of sp³-hybridized carbons (Fsp3) is 0.261. The molecular weight excluding hydrogens is 367 g/mol. The molecule has 29 heavy (non-hydrogen) atoms. The number of carbonyl (C=O) groups is 1. The van der Waals surface area contributed by atoms with Crippen LogP contribution in [0.2, 0.25) is 0 Å². The van der Waals surface area contributed by atoms with Gasteiger partial charge in [0, 0.05) is 35.6 Å². The average Bonchev–Trinajstić information content (AvgIpc) is 3.16. The summed E-state index contributed by atoms with van der Waals surface area (Å²) in [7, 11) is 0. The monoisotopic (exact) mass is 390 g/mol. The molecule has 0 bridgehead atoms. The Morgan fingerprint density at radius 1 is 1.14 bits per heavy atom. The number of carbonyl (C=O) groups excluding carboxylic acids is 1. The fourth-order valence-electron chi connectivity index (χ4n) is 3.72. The van der Waals surface area contributed by atoms with Gasteiger partial charge in [0.05, 0.1) is 11.6 Å². The van der Waals surface area contributed by atoms with Crippen LogP contribution in [-0.4, -0.2) is 28.9 Å².